The molecule has 3 heteroatoms. The molecule has 0 fully saturated rings. The van der Waals surface area contributed by atoms with Crippen LogP contribution in [0.1, 0.15) is 49.9 Å². The minimum Gasteiger partial charge on any atom is -0.208 e. The molecule has 9 rings (SSSR count). The molecule has 2 aliphatic carbocycles. The predicted molar refractivity (Wildman–Crippen MR) is 189 cm³/mol. The topological polar surface area (TPSA) is 38.7 Å². The highest BCUT2D eigenvalue weighted by Crippen LogP contribution is 2.51. The summed E-state index contributed by atoms with van der Waals surface area (Å²) in [6.07, 6.45) is 0. The first-order valence-corrected chi connectivity index (χ1v) is 16.0. The van der Waals surface area contributed by atoms with E-state index in [0.29, 0.717) is 17.5 Å². The second-order valence-corrected chi connectivity index (χ2v) is 13.7. The van der Waals surface area contributed by atoms with Crippen LogP contribution in [0.3, 0.4) is 0 Å². The van der Waals surface area contributed by atoms with E-state index in [1.54, 1.807) is 0 Å². The SMILES string of the molecule is CC1(C)c2ccccc2-c2ccc(-c3nc(-c4ccc5c(c4)C(C)(C)c4ccccc4-5)nc(-c4ccc5ccccc5c4)n3)cc21. The first-order valence-electron chi connectivity index (χ1n) is 16.0. The normalized spacial score (nSPS) is 14.9. The fourth-order valence-corrected chi connectivity index (χ4v) is 7.78. The third-order valence-electron chi connectivity index (χ3n) is 10.3. The lowest BCUT2D eigenvalue weighted by atomic mass is 9.82. The number of benzene rings is 6. The zero-order valence-corrected chi connectivity index (χ0v) is 26.5. The van der Waals surface area contributed by atoms with E-state index in [4.69, 9.17) is 15.0 Å². The largest absolute Gasteiger partial charge is 0.208 e. The van der Waals surface area contributed by atoms with Crippen LogP contribution in [0.4, 0.5) is 0 Å². The highest BCUT2D eigenvalue weighted by Gasteiger charge is 2.37. The summed E-state index contributed by atoms with van der Waals surface area (Å²) in [5.74, 6) is 2.05. The fourth-order valence-electron chi connectivity index (χ4n) is 7.78. The van der Waals surface area contributed by atoms with E-state index in [0.717, 1.165) is 22.1 Å². The van der Waals surface area contributed by atoms with Gasteiger partial charge in [0.2, 0.25) is 0 Å². The van der Waals surface area contributed by atoms with Crippen molar-refractivity contribution in [1.29, 1.82) is 0 Å². The van der Waals surface area contributed by atoms with Gasteiger partial charge >= 0.3 is 0 Å². The van der Waals surface area contributed by atoms with E-state index in [1.807, 2.05) is 0 Å². The van der Waals surface area contributed by atoms with E-state index in [2.05, 4.69) is 155 Å². The zero-order valence-electron chi connectivity index (χ0n) is 26.5. The summed E-state index contributed by atoms with van der Waals surface area (Å²) in [6, 6.07) is 45.8. The van der Waals surface area contributed by atoms with Crippen LogP contribution in [0, 0.1) is 0 Å². The summed E-state index contributed by atoms with van der Waals surface area (Å²) in [7, 11) is 0. The maximum atomic E-state index is 5.18. The molecule has 46 heavy (non-hydrogen) atoms. The van der Waals surface area contributed by atoms with E-state index >= 15 is 0 Å². The van der Waals surface area contributed by atoms with Gasteiger partial charge in [-0.1, -0.05) is 137 Å². The highest BCUT2D eigenvalue weighted by atomic mass is 15.0. The second-order valence-electron chi connectivity index (χ2n) is 13.7. The fraction of sp³-hybridized carbons (Fsp3) is 0.140. The van der Waals surface area contributed by atoms with Crippen LogP contribution in [-0.2, 0) is 10.8 Å². The Labute approximate surface area is 269 Å². The molecule has 0 saturated carbocycles. The minimum absolute atomic E-state index is 0.112. The van der Waals surface area contributed by atoms with Crippen LogP contribution in [0.2, 0.25) is 0 Å². The average Bonchev–Trinajstić information content (AvgIpc) is 3.47. The van der Waals surface area contributed by atoms with Crippen molar-refractivity contribution in [3.63, 3.8) is 0 Å². The molecule has 1 aromatic heterocycles. The maximum Gasteiger partial charge on any atom is 0.164 e. The van der Waals surface area contributed by atoms with Crippen LogP contribution >= 0.6 is 0 Å². The molecule has 0 amide bonds. The van der Waals surface area contributed by atoms with Gasteiger partial charge < -0.3 is 0 Å². The third-order valence-corrected chi connectivity index (χ3v) is 10.3. The maximum absolute atomic E-state index is 5.18. The molecule has 7 aromatic rings. The molecule has 0 spiro atoms. The number of hydrogen-bond acceptors (Lipinski definition) is 3. The van der Waals surface area contributed by atoms with Crippen LogP contribution in [-0.4, -0.2) is 15.0 Å². The predicted octanol–water partition coefficient (Wildman–Crippen LogP) is 10.6. The molecule has 0 aliphatic heterocycles. The Kier molecular flexibility index (Phi) is 5.59. The summed E-state index contributed by atoms with van der Waals surface area (Å²) in [5.41, 5.74) is 13.3. The summed E-state index contributed by atoms with van der Waals surface area (Å²) in [5, 5.41) is 2.36. The monoisotopic (exact) mass is 591 g/mol. The zero-order chi connectivity index (χ0) is 31.2. The number of fused-ring (bicyclic) bond motifs is 7. The first kappa shape index (κ1) is 26.9. The quantitative estimate of drug-likeness (QED) is 0.205. The Morgan fingerprint density at radius 3 is 1.26 bits per heavy atom. The van der Waals surface area contributed by atoms with Crippen LogP contribution in [0.5, 0.6) is 0 Å². The van der Waals surface area contributed by atoms with Crippen molar-refractivity contribution in [1.82, 2.24) is 15.0 Å². The van der Waals surface area contributed by atoms with Crippen molar-refractivity contribution in [2.75, 3.05) is 0 Å². The molecular weight excluding hydrogens is 558 g/mol. The van der Waals surface area contributed by atoms with Crippen molar-refractivity contribution in [2.45, 2.75) is 38.5 Å². The Bertz CT molecular complexity index is 2250. The molecule has 6 aromatic carbocycles. The standard InChI is InChI=1S/C43H33N3/c1-42(2)35-15-9-7-13-31(35)33-21-19-29(24-37(33)42)40-44-39(28-18-17-26-11-5-6-12-27(26)23-28)45-41(46-40)30-20-22-34-32-14-8-10-16-36(32)43(3,4)38(34)25-30/h5-25H,1-4H3. The summed E-state index contributed by atoms with van der Waals surface area (Å²) in [6.45, 7) is 9.24. The van der Waals surface area contributed by atoms with Crippen LogP contribution in [0.15, 0.2) is 127 Å². The smallest absolute Gasteiger partial charge is 0.164 e. The van der Waals surface area contributed by atoms with Gasteiger partial charge in [0.1, 0.15) is 0 Å². The van der Waals surface area contributed by atoms with Gasteiger partial charge in [0, 0.05) is 27.5 Å². The number of rotatable bonds is 3. The molecule has 1 heterocycles. The molecule has 0 radical (unpaired) electrons. The van der Waals surface area contributed by atoms with E-state index in [-0.39, 0.29) is 10.8 Å². The molecule has 0 N–H and O–H groups in total. The van der Waals surface area contributed by atoms with Crippen molar-refractivity contribution >= 4 is 10.8 Å². The van der Waals surface area contributed by atoms with Gasteiger partial charge in [-0.25, -0.2) is 15.0 Å². The molecule has 0 bridgehead atoms. The van der Waals surface area contributed by atoms with Crippen LogP contribution < -0.4 is 0 Å². The van der Waals surface area contributed by atoms with Gasteiger partial charge in [-0.3, -0.25) is 0 Å². The summed E-state index contributed by atoms with van der Waals surface area (Å²) >= 11 is 0. The number of aromatic nitrogens is 3. The number of hydrogen-bond donors (Lipinski definition) is 0. The van der Waals surface area contributed by atoms with E-state index in [1.165, 1.54) is 49.9 Å². The van der Waals surface area contributed by atoms with E-state index < -0.39 is 0 Å². The van der Waals surface area contributed by atoms with Gasteiger partial charge in [0.05, 0.1) is 0 Å². The van der Waals surface area contributed by atoms with Crippen molar-refractivity contribution in [3.8, 4) is 56.4 Å². The molecule has 0 unspecified atom stereocenters. The molecule has 0 atom stereocenters. The summed E-state index contributed by atoms with van der Waals surface area (Å²) in [4.78, 5) is 15.5. The lowest BCUT2D eigenvalue weighted by molar-refractivity contribution is 0.660. The molecule has 220 valence electrons. The molecular formula is C43H33N3. The first-order chi connectivity index (χ1) is 22.3. The third kappa shape index (κ3) is 3.88. The van der Waals surface area contributed by atoms with Crippen molar-refractivity contribution in [2.24, 2.45) is 0 Å². The lowest BCUT2D eigenvalue weighted by Gasteiger charge is -2.22. The second kappa shape index (κ2) is 9.55. The Morgan fingerprint density at radius 2 is 0.739 bits per heavy atom. The van der Waals surface area contributed by atoms with Crippen molar-refractivity contribution in [3.05, 3.63) is 150 Å². The molecule has 2 aliphatic rings. The van der Waals surface area contributed by atoms with E-state index in [9.17, 15) is 0 Å². The van der Waals surface area contributed by atoms with Gasteiger partial charge in [0.15, 0.2) is 17.5 Å². The Morgan fingerprint density at radius 1 is 0.348 bits per heavy atom. The minimum atomic E-state index is -0.112. The average molecular weight is 592 g/mol. The van der Waals surface area contributed by atoms with Gasteiger partial charge in [-0.15, -0.1) is 0 Å². The lowest BCUT2D eigenvalue weighted by Crippen LogP contribution is -2.15. The summed E-state index contributed by atoms with van der Waals surface area (Å²) < 4.78 is 0. The highest BCUT2D eigenvalue weighted by molar-refractivity contribution is 5.88. The van der Waals surface area contributed by atoms with Gasteiger partial charge in [0.25, 0.3) is 0 Å². The Balaban J connectivity index is 1.23. The number of nitrogens with zero attached hydrogens (tertiary/aromatic N) is 3. The molecule has 3 nitrogen and oxygen atoms in total. The Hall–Kier alpha value is -5.41. The van der Waals surface area contributed by atoms with Gasteiger partial charge in [-0.05, 0) is 73.5 Å². The van der Waals surface area contributed by atoms with Crippen molar-refractivity contribution < 1.29 is 0 Å². The van der Waals surface area contributed by atoms with Gasteiger partial charge in [-0.2, -0.15) is 0 Å². The van der Waals surface area contributed by atoms with Crippen LogP contribution in [0.25, 0.3) is 67.2 Å². The molecule has 0 saturated heterocycles.